The van der Waals surface area contributed by atoms with Crippen LogP contribution in [0.2, 0.25) is 0 Å². The lowest BCUT2D eigenvalue weighted by atomic mass is 9.68. The molecule has 13 heteroatoms. The Morgan fingerprint density at radius 1 is 0.936 bits per heavy atom. The van der Waals surface area contributed by atoms with E-state index >= 15 is 0 Å². The molecule has 3 amide bonds. The van der Waals surface area contributed by atoms with E-state index in [1.54, 1.807) is 36.0 Å². The maximum Gasteiger partial charge on any atom is 0.416 e. The van der Waals surface area contributed by atoms with E-state index in [-0.39, 0.29) is 51.3 Å². The molecule has 8 rings (SSSR count). The Balaban J connectivity index is 1.06. The van der Waals surface area contributed by atoms with E-state index in [9.17, 15) is 32.3 Å². The van der Waals surface area contributed by atoms with Crippen LogP contribution in [0.1, 0.15) is 28.3 Å². The molecule has 4 aliphatic rings. The molecule has 3 heterocycles. The van der Waals surface area contributed by atoms with Crippen LogP contribution in [-0.4, -0.2) is 34.6 Å². The van der Waals surface area contributed by atoms with Gasteiger partial charge >= 0.3 is 11.0 Å². The van der Waals surface area contributed by atoms with Gasteiger partial charge in [0, 0.05) is 21.7 Å². The fourth-order valence-corrected chi connectivity index (χ4v) is 11.0. The summed E-state index contributed by atoms with van der Waals surface area (Å²) in [5.74, 6) is -1.76. The first-order chi connectivity index (χ1) is 22.6. The molecule has 47 heavy (non-hydrogen) atoms. The summed E-state index contributed by atoms with van der Waals surface area (Å²) in [5, 5.41) is 3.23. The van der Waals surface area contributed by atoms with E-state index in [0.717, 1.165) is 45.4 Å². The fourth-order valence-electron chi connectivity index (χ4n) is 8.14. The van der Waals surface area contributed by atoms with Gasteiger partial charge in [-0.15, -0.1) is 11.8 Å². The molecule has 3 fully saturated rings. The maximum atomic E-state index is 13.9. The number of nitrogens with zero attached hydrogens (tertiary/aromatic N) is 1. The summed E-state index contributed by atoms with van der Waals surface area (Å²) in [6, 6.07) is 20.6. The minimum absolute atomic E-state index is 0.00294. The molecule has 0 spiro atoms. The van der Waals surface area contributed by atoms with Gasteiger partial charge in [-0.3, -0.25) is 24.1 Å². The number of halogens is 3. The minimum atomic E-state index is -4.54. The van der Waals surface area contributed by atoms with Crippen LogP contribution in [0.3, 0.4) is 0 Å². The molecule has 4 aromatic rings. The molecule has 2 bridgehead atoms. The summed E-state index contributed by atoms with van der Waals surface area (Å²) in [7, 11) is 0. The highest BCUT2D eigenvalue weighted by atomic mass is 32.2. The first-order valence-electron chi connectivity index (χ1n) is 15.1. The van der Waals surface area contributed by atoms with Gasteiger partial charge in [-0.05, 0) is 72.2 Å². The Morgan fingerprint density at radius 3 is 2.45 bits per heavy atom. The number of thiazole rings is 1. The Kier molecular flexibility index (Phi) is 7.10. The molecular weight excluding hydrogens is 652 g/mol. The lowest BCUT2D eigenvalue weighted by Crippen LogP contribution is -2.42. The molecule has 2 aliphatic heterocycles. The highest BCUT2D eigenvalue weighted by Crippen LogP contribution is 2.68. The number of alkyl halides is 3. The number of hydrogen-bond acceptors (Lipinski definition) is 7. The number of carbonyl (C=O) groups excluding carboxylic acids is 3. The maximum absolute atomic E-state index is 13.9. The Morgan fingerprint density at radius 2 is 1.68 bits per heavy atom. The van der Waals surface area contributed by atoms with Gasteiger partial charge in [0.25, 0.3) is 5.91 Å². The lowest BCUT2D eigenvalue weighted by molar-refractivity contribution is -0.137. The van der Waals surface area contributed by atoms with Crippen molar-refractivity contribution in [3.8, 4) is 5.75 Å². The zero-order chi connectivity index (χ0) is 32.6. The van der Waals surface area contributed by atoms with Crippen molar-refractivity contribution in [2.75, 3.05) is 16.8 Å². The van der Waals surface area contributed by atoms with Gasteiger partial charge in [-0.25, -0.2) is 0 Å². The largest absolute Gasteiger partial charge is 0.484 e. The first kappa shape index (κ1) is 30.0. The van der Waals surface area contributed by atoms with Crippen LogP contribution in [0.25, 0.3) is 0 Å². The number of ether oxygens (including phenoxy) is 1. The zero-order valence-corrected chi connectivity index (χ0v) is 26.0. The Bertz CT molecular complexity index is 1980. The smallest absolute Gasteiger partial charge is 0.416 e. The third-order valence-electron chi connectivity index (χ3n) is 9.80. The normalized spacial score (nSPS) is 27.4. The molecule has 240 valence electrons. The van der Waals surface area contributed by atoms with E-state index in [2.05, 4.69) is 10.3 Å². The number of benzene rings is 3. The molecule has 7 atom stereocenters. The number of amides is 3. The number of aromatic amines is 1. The average molecular weight is 678 g/mol. The fraction of sp³-hybridized carbons (Fsp3) is 0.294. The van der Waals surface area contributed by atoms with Crippen molar-refractivity contribution in [3.05, 3.63) is 105 Å². The molecule has 0 radical (unpaired) electrons. The summed E-state index contributed by atoms with van der Waals surface area (Å²) in [6.45, 7) is -0.435. The standard InChI is InChI=1S/C34H26F3N3O5S2/c35-34(36,37)17-7-5-8-18(13-17)38-23(41)15-45-20-11-4-6-16(12-20)24-25-21-14-22(28(25)46-30-29(24)47-33(44)39-30)27-26(21)31(42)40(32(27)43)19-9-2-1-3-10-19/h1-13,21-22,24-28H,14-15H2,(H,38,41)(H,39,44)/t21?,22?,24-,25?,26?,27?,28?/m1/s1. The molecule has 3 aromatic carbocycles. The van der Waals surface area contributed by atoms with Crippen molar-refractivity contribution < 1.29 is 32.3 Å². The van der Waals surface area contributed by atoms with Crippen molar-refractivity contribution in [1.82, 2.24) is 4.98 Å². The number of anilines is 2. The Labute approximate surface area is 274 Å². The van der Waals surface area contributed by atoms with Crippen molar-refractivity contribution in [3.63, 3.8) is 0 Å². The third kappa shape index (κ3) is 4.98. The lowest BCUT2D eigenvalue weighted by Gasteiger charge is -2.43. The number of H-pyrrole nitrogens is 1. The van der Waals surface area contributed by atoms with Crippen LogP contribution in [0, 0.1) is 29.6 Å². The second-order valence-corrected chi connectivity index (χ2v) is 14.5. The number of aromatic nitrogens is 1. The highest BCUT2D eigenvalue weighted by molar-refractivity contribution is 8.00. The van der Waals surface area contributed by atoms with Crippen molar-refractivity contribution in [1.29, 1.82) is 0 Å². The van der Waals surface area contributed by atoms with Crippen molar-refractivity contribution in [2.45, 2.75) is 28.8 Å². The van der Waals surface area contributed by atoms with Gasteiger partial charge in [0.15, 0.2) is 6.61 Å². The number of nitrogens with one attached hydrogen (secondary N) is 2. The second kappa shape index (κ2) is 11.1. The van der Waals surface area contributed by atoms with E-state index in [1.165, 1.54) is 17.0 Å². The van der Waals surface area contributed by atoms with Crippen LogP contribution in [0.5, 0.6) is 5.75 Å². The van der Waals surface area contributed by atoms with E-state index in [0.29, 0.717) is 11.4 Å². The number of fused-ring (bicyclic) bond motifs is 9. The summed E-state index contributed by atoms with van der Waals surface area (Å²) in [5.41, 5.74) is 0.563. The number of para-hydroxylation sites is 1. The first-order valence-corrected chi connectivity index (χ1v) is 16.8. The number of carbonyl (C=O) groups is 3. The third-order valence-corrected chi connectivity index (χ3v) is 12.4. The van der Waals surface area contributed by atoms with Gasteiger partial charge in [-0.1, -0.05) is 47.7 Å². The average Bonchev–Trinajstić information content (AvgIpc) is 3.79. The number of imide groups is 1. The monoisotopic (exact) mass is 677 g/mol. The molecule has 2 aliphatic carbocycles. The Hall–Kier alpha value is -4.36. The summed E-state index contributed by atoms with van der Waals surface area (Å²) < 4.78 is 45.1. The minimum Gasteiger partial charge on any atom is -0.484 e. The number of rotatable bonds is 6. The molecule has 6 unspecified atom stereocenters. The van der Waals surface area contributed by atoms with Crippen LogP contribution >= 0.6 is 23.1 Å². The summed E-state index contributed by atoms with van der Waals surface area (Å²) in [6.07, 6.45) is -3.79. The van der Waals surface area contributed by atoms with E-state index in [1.807, 2.05) is 30.3 Å². The number of hydrogen-bond donors (Lipinski definition) is 2. The molecule has 2 N–H and O–H groups in total. The van der Waals surface area contributed by atoms with E-state index in [4.69, 9.17) is 4.74 Å². The molecule has 2 saturated carbocycles. The molecule has 1 saturated heterocycles. The second-order valence-electron chi connectivity index (χ2n) is 12.3. The van der Waals surface area contributed by atoms with Crippen molar-refractivity contribution >= 4 is 52.2 Å². The van der Waals surface area contributed by atoms with Gasteiger partial charge in [0.05, 0.1) is 28.1 Å². The van der Waals surface area contributed by atoms with Crippen LogP contribution in [0.15, 0.2) is 88.7 Å². The summed E-state index contributed by atoms with van der Waals surface area (Å²) >= 11 is 2.74. The SMILES string of the molecule is O=C(COc1cccc([C@H]2c3sc(=O)[nH]c3SC3C4CC(C5C(=O)N(c6ccccc6)C(=O)C45)C32)c1)Nc1cccc(C(F)(F)F)c1. The van der Waals surface area contributed by atoms with Crippen LogP contribution < -0.4 is 19.8 Å². The zero-order valence-electron chi connectivity index (χ0n) is 24.4. The van der Waals surface area contributed by atoms with Gasteiger partial charge < -0.3 is 15.0 Å². The van der Waals surface area contributed by atoms with Gasteiger partial charge in [0.1, 0.15) is 5.75 Å². The quantitative estimate of drug-likeness (QED) is 0.237. The molecule has 8 nitrogen and oxygen atoms in total. The summed E-state index contributed by atoms with van der Waals surface area (Å²) in [4.78, 5) is 57.9. The van der Waals surface area contributed by atoms with Crippen LogP contribution in [0.4, 0.5) is 24.5 Å². The van der Waals surface area contributed by atoms with Gasteiger partial charge in [0.2, 0.25) is 11.8 Å². The van der Waals surface area contributed by atoms with Gasteiger partial charge in [-0.2, -0.15) is 13.2 Å². The number of thioether (sulfide) groups is 1. The topological polar surface area (TPSA) is 109 Å². The predicted octanol–water partition coefficient (Wildman–Crippen LogP) is 6.15. The molecule has 1 aromatic heterocycles. The predicted molar refractivity (Wildman–Crippen MR) is 169 cm³/mol. The highest BCUT2D eigenvalue weighted by Gasteiger charge is 2.69. The van der Waals surface area contributed by atoms with Crippen LogP contribution in [-0.2, 0) is 20.6 Å². The molecular formula is C34H26F3N3O5S2. The van der Waals surface area contributed by atoms with Crippen molar-refractivity contribution in [2.24, 2.45) is 29.6 Å². The van der Waals surface area contributed by atoms with E-state index < -0.39 is 36.1 Å².